The summed E-state index contributed by atoms with van der Waals surface area (Å²) in [6, 6.07) is 5.11. The minimum absolute atomic E-state index is 0.0449. The molecule has 1 aromatic rings. The number of halogens is 3. The van der Waals surface area contributed by atoms with Gasteiger partial charge in [0.15, 0.2) is 0 Å². The molecule has 9 heteroatoms. The molecule has 2 aliphatic rings. The first kappa shape index (κ1) is 20.7. The molecule has 0 bridgehead atoms. The summed E-state index contributed by atoms with van der Waals surface area (Å²) in [5.74, 6) is 0.535. The number of hydrogen-bond acceptors (Lipinski definition) is 5. The second kappa shape index (κ2) is 8.57. The molecule has 1 aromatic carbocycles. The van der Waals surface area contributed by atoms with Crippen LogP contribution in [0.5, 0.6) is 11.5 Å². The Bertz CT molecular complexity index is 667. The summed E-state index contributed by atoms with van der Waals surface area (Å²) < 4.78 is 51.3. The number of methoxy groups -OCH3 is 1. The molecule has 156 valence electrons. The molecule has 0 aromatic heterocycles. The fourth-order valence-electron chi connectivity index (χ4n) is 3.96. The van der Waals surface area contributed by atoms with Crippen molar-refractivity contribution in [1.29, 1.82) is 0 Å². The van der Waals surface area contributed by atoms with Crippen molar-refractivity contribution in [2.24, 2.45) is 11.8 Å². The van der Waals surface area contributed by atoms with Crippen LogP contribution in [0.4, 0.5) is 13.2 Å². The van der Waals surface area contributed by atoms with E-state index >= 15 is 0 Å². The van der Waals surface area contributed by atoms with Crippen LogP contribution in [0.15, 0.2) is 24.3 Å². The number of likely N-dealkylation sites (tertiary alicyclic amines) is 1. The third-order valence-corrected chi connectivity index (χ3v) is 5.30. The molecule has 1 aliphatic heterocycles. The maximum absolute atomic E-state index is 12.2. The smallest absolute Gasteiger partial charge is 0.488 e. The molecule has 0 spiro atoms. The minimum atomic E-state index is -4.74. The largest absolute Gasteiger partial charge is 0.573 e. The number of benzene rings is 1. The summed E-state index contributed by atoms with van der Waals surface area (Å²) in [6.45, 7) is 1.63. The van der Waals surface area contributed by atoms with Gasteiger partial charge in [0.25, 0.3) is 0 Å². The fourth-order valence-corrected chi connectivity index (χ4v) is 3.96. The van der Waals surface area contributed by atoms with E-state index in [2.05, 4.69) is 4.74 Å². The van der Waals surface area contributed by atoms with Crippen molar-refractivity contribution in [3.8, 4) is 11.5 Å². The number of carbonyl (C=O) groups is 1. The molecule has 1 N–H and O–H groups in total. The van der Waals surface area contributed by atoms with Crippen molar-refractivity contribution in [2.45, 2.75) is 37.8 Å². The number of hydrogen-bond donors (Lipinski definition) is 1. The Hall–Kier alpha value is -2.00. The Morgan fingerprint density at radius 1 is 1.14 bits per heavy atom. The van der Waals surface area contributed by atoms with Crippen LogP contribution in [0.2, 0.25) is 0 Å². The normalized spacial score (nSPS) is 27.4. The maximum Gasteiger partial charge on any atom is 0.573 e. The Morgan fingerprint density at radius 3 is 2.36 bits per heavy atom. The van der Waals surface area contributed by atoms with Crippen LogP contribution in [0.25, 0.3) is 0 Å². The van der Waals surface area contributed by atoms with Crippen LogP contribution in [0.1, 0.15) is 19.3 Å². The molecular formula is C19H24F3NO5. The molecule has 1 heterocycles. The van der Waals surface area contributed by atoms with Gasteiger partial charge in [0, 0.05) is 20.2 Å². The van der Waals surface area contributed by atoms with Gasteiger partial charge in [-0.1, -0.05) is 0 Å². The predicted molar refractivity (Wildman–Crippen MR) is 92.8 cm³/mol. The standard InChI is InChI=1S/C19H24F3NO5/c1-26-7-6-18(25)23-10-12-8-16(24)17(9-13(12)11-23)27-14-2-4-15(5-3-14)28-19(20,21)22/h2-5,12-13,16-17,24H,6-11H2,1H3/t12-,13+,16+,17+/m0/s1. The second-order valence-corrected chi connectivity index (χ2v) is 7.28. The molecule has 1 saturated carbocycles. The van der Waals surface area contributed by atoms with E-state index in [1.54, 1.807) is 7.11 Å². The highest BCUT2D eigenvalue weighted by Crippen LogP contribution is 2.38. The zero-order valence-electron chi connectivity index (χ0n) is 15.5. The van der Waals surface area contributed by atoms with Crippen molar-refractivity contribution < 1.29 is 37.3 Å². The summed E-state index contributed by atoms with van der Waals surface area (Å²) in [5.41, 5.74) is 0. The first-order valence-corrected chi connectivity index (χ1v) is 9.22. The maximum atomic E-state index is 12.2. The predicted octanol–water partition coefficient (Wildman–Crippen LogP) is 2.60. The third-order valence-electron chi connectivity index (χ3n) is 5.30. The van der Waals surface area contributed by atoms with Gasteiger partial charge >= 0.3 is 6.36 Å². The molecular weight excluding hydrogens is 379 g/mol. The van der Waals surface area contributed by atoms with Crippen molar-refractivity contribution in [1.82, 2.24) is 4.90 Å². The molecule has 2 fully saturated rings. The van der Waals surface area contributed by atoms with E-state index in [9.17, 15) is 23.1 Å². The summed E-state index contributed by atoms with van der Waals surface area (Å²) >= 11 is 0. The van der Waals surface area contributed by atoms with Crippen LogP contribution in [0, 0.1) is 11.8 Å². The van der Waals surface area contributed by atoms with Crippen LogP contribution >= 0.6 is 0 Å². The van der Waals surface area contributed by atoms with Gasteiger partial charge in [0.05, 0.1) is 19.1 Å². The van der Waals surface area contributed by atoms with Crippen LogP contribution < -0.4 is 9.47 Å². The number of carbonyl (C=O) groups excluding carboxylic acids is 1. The number of aliphatic hydroxyl groups is 1. The van der Waals surface area contributed by atoms with E-state index in [1.807, 2.05) is 4.90 Å². The minimum Gasteiger partial charge on any atom is -0.488 e. The van der Waals surface area contributed by atoms with Gasteiger partial charge in [-0.25, -0.2) is 0 Å². The summed E-state index contributed by atoms with van der Waals surface area (Å²) in [4.78, 5) is 14.0. The van der Waals surface area contributed by atoms with Gasteiger partial charge in [-0.2, -0.15) is 0 Å². The molecule has 6 nitrogen and oxygen atoms in total. The molecule has 3 rings (SSSR count). The van der Waals surface area contributed by atoms with Crippen molar-refractivity contribution >= 4 is 5.91 Å². The van der Waals surface area contributed by atoms with E-state index in [4.69, 9.17) is 9.47 Å². The van der Waals surface area contributed by atoms with E-state index in [1.165, 1.54) is 24.3 Å². The summed E-state index contributed by atoms with van der Waals surface area (Å²) in [6.07, 6.45) is -4.46. The summed E-state index contributed by atoms with van der Waals surface area (Å²) in [5, 5.41) is 10.4. The van der Waals surface area contributed by atoms with Gasteiger partial charge in [0.2, 0.25) is 5.91 Å². The Kier molecular flexibility index (Phi) is 6.34. The van der Waals surface area contributed by atoms with Gasteiger partial charge in [-0.15, -0.1) is 13.2 Å². The zero-order valence-corrected chi connectivity index (χ0v) is 15.5. The molecule has 1 aliphatic carbocycles. The average molecular weight is 403 g/mol. The Balaban J connectivity index is 1.56. The van der Waals surface area contributed by atoms with Gasteiger partial charge < -0.3 is 24.2 Å². The Labute approximate surface area is 161 Å². The second-order valence-electron chi connectivity index (χ2n) is 7.28. The monoisotopic (exact) mass is 403 g/mol. The SMILES string of the molecule is COCCC(=O)N1C[C@H]2C[C@@H](Oc3ccc(OC(F)(F)F)cc3)[C@H](O)C[C@H]2C1. The van der Waals surface area contributed by atoms with E-state index in [-0.39, 0.29) is 23.5 Å². The van der Waals surface area contributed by atoms with Crippen LogP contribution in [-0.4, -0.2) is 61.3 Å². The van der Waals surface area contributed by atoms with Crippen LogP contribution in [-0.2, 0) is 9.53 Å². The molecule has 1 amide bonds. The number of nitrogens with zero attached hydrogens (tertiary/aromatic N) is 1. The lowest BCUT2D eigenvalue weighted by molar-refractivity contribution is -0.274. The number of rotatable bonds is 6. The topological polar surface area (TPSA) is 68.2 Å². The molecule has 1 saturated heterocycles. The molecule has 0 radical (unpaired) electrons. The van der Waals surface area contributed by atoms with Gasteiger partial charge in [-0.05, 0) is 48.9 Å². The number of ether oxygens (including phenoxy) is 3. The average Bonchev–Trinajstić information content (AvgIpc) is 3.03. The lowest BCUT2D eigenvalue weighted by Crippen LogP contribution is -2.42. The third kappa shape index (κ3) is 5.29. The number of fused-ring (bicyclic) bond motifs is 1. The highest BCUT2D eigenvalue weighted by molar-refractivity contribution is 5.76. The fraction of sp³-hybridized carbons (Fsp3) is 0.632. The van der Waals surface area contributed by atoms with Crippen molar-refractivity contribution in [2.75, 3.05) is 26.8 Å². The molecule has 4 atom stereocenters. The van der Waals surface area contributed by atoms with Gasteiger partial charge in [-0.3, -0.25) is 4.79 Å². The first-order valence-electron chi connectivity index (χ1n) is 9.22. The molecule has 28 heavy (non-hydrogen) atoms. The first-order chi connectivity index (χ1) is 13.2. The lowest BCUT2D eigenvalue weighted by atomic mass is 9.78. The Morgan fingerprint density at radius 2 is 1.75 bits per heavy atom. The number of alkyl halides is 3. The quantitative estimate of drug-likeness (QED) is 0.791. The van der Waals surface area contributed by atoms with Crippen molar-refractivity contribution in [3.05, 3.63) is 24.3 Å². The van der Waals surface area contributed by atoms with Crippen LogP contribution in [0.3, 0.4) is 0 Å². The number of amides is 1. The lowest BCUT2D eigenvalue weighted by Gasteiger charge is -2.35. The van der Waals surface area contributed by atoms with Crippen molar-refractivity contribution in [3.63, 3.8) is 0 Å². The summed E-state index contributed by atoms with van der Waals surface area (Å²) in [7, 11) is 1.55. The number of aliphatic hydroxyl groups excluding tert-OH is 1. The highest BCUT2D eigenvalue weighted by Gasteiger charge is 2.43. The molecule has 0 unspecified atom stereocenters. The van der Waals surface area contributed by atoms with Gasteiger partial charge in [0.1, 0.15) is 17.6 Å². The zero-order chi connectivity index (χ0) is 20.3. The van der Waals surface area contributed by atoms with E-state index in [0.717, 1.165) is 0 Å². The highest BCUT2D eigenvalue weighted by atomic mass is 19.4. The van der Waals surface area contributed by atoms with E-state index < -0.39 is 18.6 Å². The van der Waals surface area contributed by atoms with E-state index in [0.29, 0.717) is 44.7 Å².